The van der Waals surface area contributed by atoms with Crippen LogP contribution in [0.2, 0.25) is 0 Å². The molecule has 0 saturated carbocycles. The van der Waals surface area contributed by atoms with Gasteiger partial charge in [-0.25, -0.2) is 0 Å². The lowest BCUT2D eigenvalue weighted by atomic mass is 10.3. The predicted octanol–water partition coefficient (Wildman–Crippen LogP) is 1.30. The molecule has 0 fully saturated rings. The maximum atomic E-state index is 11.2. The number of pyridine rings is 1. The summed E-state index contributed by atoms with van der Waals surface area (Å²) in [5.41, 5.74) is 0.0694. The molecule has 0 radical (unpaired) electrons. The van der Waals surface area contributed by atoms with Crippen molar-refractivity contribution in [2.75, 3.05) is 18.4 Å². The third-order valence-corrected chi connectivity index (χ3v) is 2.48. The first-order valence-corrected chi connectivity index (χ1v) is 5.64. The van der Waals surface area contributed by atoms with Crippen LogP contribution in [0.4, 0.5) is 11.4 Å². The summed E-state index contributed by atoms with van der Waals surface area (Å²) < 4.78 is 0.441. The van der Waals surface area contributed by atoms with E-state index in [9.17, 15) is 14.9 Å². The van der Waals surface area contributed by atoms with Gasteiger partial charge in [0.1, 0.15) is 11.9 Å². The van der Waals surface area contributed by atoms with Gasteiger partial charge in [0.15, 0.2) is 0 Å². The number of amides is 1. The molecular weight excluding hydrogens is 292 g/mol. The van der Waals surface area contributed by atoms with Crippen LogP contribution in [0.3, 0.4) is 0 Å². The summed E-state index contributed by atoms with van der Waals surface area (Å²) in [5.74, 6) is -0.231. The highest BCUT2D eigenvalue weighted by Gasteiger charge is 2.17. The Morgan fingerprint density at radius 3 is 2.88 bits per heavy atom. The summed E-state index contributed by atoms with van der Waals surface area (Å²) in [6.45, 7) is 2.28. The smallest absolute Gasteiger partial charge is 0.311 e. The summed E-state index contributed by atoms with van der Waals surface area (Å²) in [5, 5.41) is 16.0. The highest BCUT2D eigenvalue weighted by atomic mass is 79.9. The van der Waals surface area contributed by atoms with Gasteiger partial charge in [0.05, 0.1) is 15.9 Å². The van der Waals surface area contributed by atoms with Crippen LogP contribution in [-0.2, 0) is 4.79 Å². The number of carbonyl (C=O) groups is 1. The van der Waals surface area contributed by atoms with Crippen LogP contribution in [0.5, 0.6) is 0 Å². The second-order valence-corrected chi connectivity index (χ2v) is 3.93. The van der Waals surface area contributed by atoms with Crippen molar-refractivity contribution < 1.29 is 9.72 Å². The summed E-state index contributed by atoms with van der Waals surface area (Å²) >= 11 is 3.14. The number of nitro groups is 1. The number of carbonyl (C=O) groups excluding carboxylic acids is 1. The van der Waals surface area contributed by atoms with E-state index >= 15 is 0 Å². The van der Waals surface area contributed by atoms with Gasteiger partial charge < -0.3 is 10.6 Å². The Kier molecular flexibility index (Phi) is 4.83. The molecule has 0 saturated heterocycles. The standard InChI is InChI=1S/C9H11BrN4O3/c1-2-12-8(15)5-13-9-6(10)3-11-4-7(9)14(16)17/h3-4H,2,5H2,1H3,(H,11,13)(H,12,15). The largest absolute Gasteiger partial charge is 0.370 e. The van der Waals surface area contributed by atoms with Gasteiger partial charge in [-0.1, -0.05) is 0 Å². The molecule has 0 atom stereocenters. The molecule has 1 heterocycles. The molecule has 0 unspecified atom stereocenters. The number of hydrogen-bond donors (Lipinski definition) is 2. The van der Waals surface area contributed by atoms with Crippen molar-refractivity contribution in [3.8, 4) is 0 Å². The van der Waals surface area contributed by atoms with Crippen LogP contribution in [0.25, 0.3) is 0 Å². The fourth-order valence-electron chi connectivity index (χ4n) is 1.17. The lowest BCUT2D eigenvalue weighted by Gasteiger charge is -2.08. The number of anilines is 1. The van der Waals surface area contributed by atoms with Gasteiger partial charge in [-0.05, 0) is 22.9 Å². The third-order valence-electron chi connectivity index (χ3n) is 1.88. The number of halogens is 1. The van der Waals surface area contributed by atoms with E-state index < -0.39 is 4.92 Å². The lowest BCUT2D eigenvalue weighted by molar-refractivity contribution is -0.384. The molecule has 0 spiro atoms. The van der Waals surface area contributed by atoms with E-state index in [1.165, 1.54) is 6.20 Å². The van der Waals surface area contributed by atoms with E-state index in [4.69, 9.17) is 0 Å². The summed E-state index contributed by atoms with van der Waals surface area (Å²) in [7, 11) is 0. The molecule has 8 heteroatoms. The van der Waals surface area contributed by atoms with Crippen molar-refractivity contribution in [1.82, 2.24) is 10.3 Å². The van der Waals surface area contributed by atoms with E-state index in [0.717, 1.165) is 6.20 Å². The SMILES string of the molecule is CCNC(=O)CNc1c(Br)cncc1[N+](=O)[O-]. The van der Waals surface area contributed by atoms with E-state index in [-0.39, 0.29) is 23.8 Å². The number of nitrogens with zero attached hydrogens (tertiary/aromatic N) is 2. The maximum Gasteiger partial charge on any atom is 0.311 e. The average Bonchev–Trinajstić information content (AvgIpc) is 2.27. The minimum atomic E-state index is -0.558. The minimum absolute atomic E-state index is 0.0305. The molecular formula is C9H11BrN4O3. The topological polar surface area (TPSA) is 97.2 Å². The second kappa shape index (κ2) is 6.14. The number of rotatable bonds is 5. The lowest BCUT2D eigenvalue weighted by Crippen LogP contribution is -2.29. The highest BCUT2D eigenvalue weighted by molar-refractivity contribution is 9.10. The number of hydrogen-bond acceptors (Lipinski definition) is 5. The molecule has 1 aromatic rings. The molecule has 0 aliphatic carbocycles. The summed E-state index contributed by atoms with van der Waals surface area (Å²) in [6.07, 6.45) is 2.55. The van der Waals surface area contributed by atoms with Gasteiger partial charge in [-0.3, -0.25) is 19.9 Å². The highest BCUT2D eigenvalue weighted by Crippen LogP contribution is 2.30. The molecule has 1 rings (SSSR count). The van der Waals surface area contributed by atoms with Crippen molar-refractivity contribution in [3.63, 3.8) is 0 Å². The number of likely N-dealkylation sites (N-methyl/N-ethyl adjacent to an activating group) is 1. The normalized spacial score (nSPS) is 9.76. The molecule has 0 aliphatic heterocycles. The molecule has 1 aromatic heterocycles. The maximum absolute atomic E-state index is 11.2. The van der Waals surface area contributed by atoms with Crippen LogP contribution in [-0.4, -0.2) is 28.9 Å². The first-order chi connectivity index (χ1) is 8.06. The Morgan fingerprint density at radius 2 is 2.29 bits per heavy atom. The zero-order chi connectivity index (χ0) is 12.8. The van der Waals surface area contributed by atoms with Crippen LogP contribution >= 0.6 is 15.9 Å². The van der Waals surface area contributed by atoms with Gasteiger partial charge in [-0.15, -0.1) is 0 Å². The van der Waals surface area contributed by atoms with Gasteiger partial charge >= 0.3 is 5.69 Å². The first-order valence-electron chi connectivity index (χ1n) is 4.84. The molecule has 17 heavy (non-hydrogen) atoms. The first kappa shape index (κ1) is 13.4. The van der Waals surface area contributed by atoms with Gasteiger partial charge in [-0.2, -0.15) is 0 Å². The van der Waals surface area contributed by atoms with Crippen molar-refractivity contribution >= 4 is 33.2 Å². The van der Waals surface area contributed by atoms with E-state index in [1.807, 2.05) is 0 Å². The average molecular weight is 303 g/mol. The Hall–Kier alpha value is -1.70. The zero-order valence-corrected chi connectivity index (χ0v) is 10.7. The molecule has 92 valence electrons. The van der Waals surface area contributed by atoms with Crippen LogP contribution in [0, 0.1) is 10.1 Å². The molecule has 0 bridgehead atoms. The van der Waals surface area contributed by atoms with Crippen molar-refractivity contribution in [1.29, 1.82) is 0 Å². The number of nitrogens with one attached hydrogen (secondary N) is 2. The molecule has 2 N–H and O–H groups in total. The van der Waals surface area contributed by atoms with Gasteiger partial charge in [0.25, 0.3) is 0 Å². The fourth-order valence-corrected chi connectivity index (χ4v) is 1.63. The Bertz CT molecular complexity index is 438. The predicted molar refractivity (Wildman–Crippen MR) is 65.8 cm³/mol. The summed E-state index contributed by atoms with van der Waals surface area (Å²) in [6, 6.07) is 0. The second-order valence-electron chi connectivity index (χ2n) is 3.08. The Labute approximate surface area is 106 Å². The fraction of sp³-hybridized carbons (Fsp3) is 0.333. The van der Waals surface area contributed by atoms with Crippen LogP contribution in [0.15, 0.2) is 16.9 Å². The van der Waals surface area contributed by atoms with Crippen LogP contribution < -0.4 is 10.6 Å². The Morgan fingerprint density at radius 1 is 1.59 bits per heavy atom. The third kappa shape index (κ3) is 3.66. The van der Waals surface area contributed by atoms with Gasteiger partial charge in [0.2, 0.25) is 5.91 Å². The van der Waals surface area contributed by atoms with Crippen molar-refractivity contribution in [2.24, 2.45) is 0 Å². The van der Waals surface area contributed by atoms with Crippen molar-refractivity contribution in [3.05, 3.63) is 27.0 Å². The quantitative estimate of drug-likeness (QED) is 0.631. The van der Waals surface area contributed by atoms with Crippen LogP contribution in [0.1, 0.15) is 6.92 Å². The minimum Gasteiger partial charge on any atom is -0.370 e. The van der Waals surface area contributed by atoms with E-state index in [1.54, 1.807) is 6.92 Å². The molecule has 0 aliphatic rings. The van der Waals surface area contributed by atoms with E-state index in [2.05, 4.69) is 31.5 Å². The zero-order valence-electron chi connectivity index (χ0n) is 9.07. The molecule has 0 aromatic carbocycles. The van der Waals surface area contributed by atoms with Crippen molar-refractivity contribution in [2.45, 2.75) is 6.92 Å². The summed E-state index contributed by atoms with van der Waals surface area (Å²) in [4.78, 5) is 25.1. The van der Waals surface area contributed by atoms with E-state index in [0.29, 0.717) is 11.0 Å². The van der Waals surface area contributed by atoms with Gasteiger partial charge in [0, 0.05) is 12.7 Å². The Balaban J connectivity index is 2.82. The molecule has 7 nitrogen and oxygen atoms in total. The number of aromatic nitrogens is 1. The molecule has 1 amide bonds. The monoisotopic (exact) mass is 302 g/mol.